The Labute approximate surface area is 102 Å². The van der Waals surface area contributed by atoms with Crippen LogP contribution in [-0.2, 0) is 11.2 Å². The standard InChI is InChI=1S/C13H18ClNO/c1-10(16)13(2,3)15-9-8-11-4-6-12(14)7-5-11/h4-7,15H,8-9H2,1-3H3. The highest BCUT2D eigenvalue weighted by atomic mass is 35.5. The molecule has 0 radical (unpaired) electrons. The lowest BCUT2D eigenvalue weighted by Crippen LogP contribution is -2.46. The third-order valence-electron chi connectivity index (χ3n) is 2.77. The van der Waals surface area contributed by atoms with E-state index in [0.29, 0.717) is 0 Å². The number of halogens is 1. The molecule has 1 aromatic rings. The molecule has 0 atom stereocenters. The van der Waals surface area contributed by atoms with E-state index in [9.17, 15) is 4.79 Å². The summed E-state index contributed by atoms with van der Waals surface area (Å²) in [6.45, 7) is 6.19. The van der Waals surface area contributed by atoms with E-state index in [1.54, 1.807) is 6.92 Å². The number of hydrogen-bond acceptors (Lipinski definition) is 2. The van der Waals surface area contributed by atoms with Gasteiger partial charge in [-0.2, -0.15) is 0 Å². The van der Waals surface area contributed by atoms with Crippen molar-refractivity contribution in [1.29, 1.82) is 0 Å². The minimum atomic E-state index is -0.438. The summed E-state index contributed by atoms with van der Waals surface area (Å²) in [4.78, 5) is 11.3. The molecule has 0 saturated carbocycles. The number of hydrogen-bond donors (Lipinski definition) is 1. The quantitative estimate of drug-likeness (QED) is 0.856. The Hall–Kier alpha value is -0.860. The van der Waals surface area contributed by atoms with Crippen LogP contribution in [0.15, 0.2) is 24.3 Å². The summed E-state index contributed by atoms with van der Waals surface area (Å²) >= 11 is 5.80. The van der Waals surface area contributed by atoms with Crippen LogP contribution in [0.2, 0.25) is 5.02 Å². The average Bonchev–Trinajstić information content (AvgIpc) is 2.20. The highest BCUT2D eigenvalue weighted by Crippen LogP contribution is 2.10. The molecule has 2 nitrogen and oxygen atoms in total. The van der Waals surface area contributed by atoms with Gasteiger partial charge < -0.3 is 5.32 Å². The molecule has 1 rings (SSSR count). The van der Waals surface area contributed by atoms with Crippen LogP contribution in [0, 0.1) is 0 Å². The van der Waals surface area contributed by atoms with E-state index in [4.69, 9.17) is 11.6 Å². The van der Waals surface area contributed by atoms with Crippen molar-refractivity contribution in [2.75, 3.05) is 6.54 Å². The van der Waals surface area contributed by atoms with Crippen LogP contribution >= 0.6 is 11.6 Å². The second-order valence-corrected chi connectivity index (χ2v) is 4.92. The van der Waals surface area contributed by atoms with E-state index in [1.165, 1.54) is 5.56 Å². The fraction of sp³-hybridized carbons (Fsp3) is 0.462. The third kappa shape index (κ3) is 3.95. The third-order valence-corrected chi connectivity index (χ3v) is 3.03. The predicted molar refractivity (Wildman–Crippen MR) is 67.9 cm³/mol. The monoisotopic (exact) mass is 239 g/mol. The molecule has 0 saturated heterocycles. The maximum Gasteiger partial charge on any atom is 0.149 e. The van der Waals surface area contributed by atoms with Crippen molar-refractivity contribution in [3.63, 3.8) is 0 Å². The zero-order valence-electron chi connectivity index (χ0n) is 10.0. The van der Waals surface area contributed by atoms with Crippen molar-refractivity contribution >= 4 is 17.4 Å². The molecular weight excluding hydrogens is 222 g/mol. The second kappa shape index (κ2) is 5.46. The van der Waals surface area contributed by atoms with Crippen LogP contribution in [-0.4, -0.2) is 17.9 Å². The maximum atomic E-state index is 11.3. The summed E-state index contributed by atoms with van der Waals surface area (Å²) in [5.74, 6) is 0.156. The first-order chi connectivity index (χ1) is 7.42. The van der Waals surface area contributed by atoms with Gasteiger partial charge in [0.25, 0.3) is 0 Å². The molecule has 0 spiro atoms. The Kier molecular flexibility index (Phi) is 4.51. The molecule has 0 bridgehead atoms. The van der Waals surface area contributed by atoms with Crippen molar-refractivity contribution in [2.45, 2.75) is 32.7 Å². The number of benzene rings is 1. The topological polar surface area (TPSA) is 29.1 Å². The molecular formula is C13H18ClNO. The van der Waals surface area contributed by atoms with Crippen LogP contribution < -0.4 is 5.32 Å². The number of carbonyl (C=O) groups excluding carboxylic acids is 1. The predicted octanol–water partition coefficient (Wildman–Crippen LogP) is 2.84. The molecule has 88 valence electrons. The van der Waals surface area contributed by atoms with E-state index < -0.39 is 5.54 Å². The Morgan fingerprint density at radius 1 is 1.31 bits per heavy atom. The van der Waals surface area contributed by atoms with Gasteiger partial charge in [0.1, 0.15) is 5.78 Å². The smallest absolute Gasteiger partial charge is 0.149 e. The van der Waals surface area contributed by atoms with E-state index in [1.807, 2.05) is 38.1 Å². The van der Waals surface area contributed by atoms with Gasteiger partial charge in [0.15, 0.2) is 0 Å². The SMILES string of the molecule is CC(=O)C(C)(C)NCCc1ccc(Cl)cc1. The lowest BCUT2D eigenvalue weighted by molar-refractivity contribution is -0.122. The summed E-state index contributed by atoms with van der Waals surface area (Å²) < 4.78 is 0. The summed E-state index contributed by atoms with van der Waals surface area (Å²) in [7, 11) is 0. The lowest BCUT2D eigenvalue weighted by atomic mass is 10.00. The summed E-state index contributed by atoms with van der Waals surface area (Å²) in [5, 5.41) is 3.99. The maximum absolute atomic E-state index is 11.3. The molecule has 0 aliphatic rings. The molecule has 0 unspecified atom stereocenters. The summed E-state index contributed by atoms with van der Waals surface area (Å²) in [6.07, 6.45) is 0.897. The summed E-state index contributed by atoms with van der Waals surface area (Å²) in [6, 6.07) is 7.77. The Bertz CT molecular complexity index is 357. The van der Waals surface area contributed by atoms with Crippen molar-refractivity contribution in [2.24, 2.45) is 0 Å². The van der Waals surface area contributed by atoms with E-state index in [2.05, 4.69) is 5.32 Å². The average molecular weight is 240 g/mol. The van der Waals surface area contributed by atoms with Crippen LogP contribution in [0.3, 0.4) is 0 Å². The molecule has 0 heterocycles. The lowest BCUT2D eigenvalue weighted by Gasteiger charge is -2.22. The zero-order chi connectivity index (χ0) is 12.2. The van der Waals surface area contributed by atoms with Crippen molar-refractivity contribution in [3.05, 3.63) is 34.9 Å². The van der Waals surface area contributed by atoms with Crippen LogP contribution in [0.5, 0.6) is 0 Å². The molecule has 1 aromatic carbocycles. The van der Waals surface area contributed by atoms with Gasteiger partial charge in [-0.25, -0.2) is 0 Å². The molecule has 0 aromatic heterocycles. The molecule has 0 aliphatic heterocycles. The number of Topliss-reactive ketones (excluding diaryl/α,β-unsaturated/α-hetero) is 1. The zero-order valence-corrected chi connectivity index (χ0v) is 10.8. The van der Waals surface area contributed by atoms with Gasteiger partial charge in [-0.15, -0.1) is 0 Å². The van der Waals surface area contributed by atoms with Crippen molar-refractivity contribution in [3.8, 4) is 0 Å². The van der Waals surface area contributed by atoms with Crippen LogP contribution in [0.1, 0.15) is 26.3 Å². The van der Waals surface area contributed by atoms with Gasteiger partial charge in [0.05, 0.1) is 5.54 Å². The summed E-state index contributed by atoms with van der Waals surface area (Å²) in [5.41, 5.74) is 0.781. The van der Waals surface area contributed by atoms with E-state index >= 15 is 0 Å². The van der Waals surface area contributed by atoms with E-state index in [0.717, 1.165) is 18.0 Å². The highest BCUT2D eigenvalue weighted by molar-refractivity contribution is 6.30. The van der Waals surface area contributed by atoms with Gasteiger partial charge in [0.2, 0.25) is 0 Å². The molecule has 16 heavy (non-hydrogen) atoms. The number of ketones is 1. The first-order valence-electron chi connectivity index (χ1n) is 5.42. The minimum absolute atomic E-state index is 0.156. The fourth-order valence-electron chi connectivity index (χ4n) is 1.29. The van der Waals surface area contributed by atoms with Crippen LogP contribution in [0.25, 0.3) is 0 Å². The Balaban J connectivity index is 2.41. The number of rotatable bonds is 5. The first-order valence-corrected chi connectivity index (χ1v) is 5.80. The van der Waals surface area contributed by atoms with Gasteiger partial charge in [-0.3, -0.25) is 4.79 Å². The molecule has 0 aliphatic carbocycles. The molecule has 0 amide bonds. The number of carbonyl (C=O) groups is 1. The molecule has 3 heteroatoms. The van der Waals surface area contributed by atoms with Crippen molar-refractivity contribution in [1.82, 2.24) is 5.32 Å². The molecule has 1 N–H and O–H groups in total. The Morgan fingerprint density at radius 3 is 2.38 bits per heavy atom. The number of nitrogens with one attached hydrogen (secondary N) is 1. The Morgan fingerprint density at radius 2 is 1.88 bits per heavy atom. The highest BCUT2D eigenvalue weighted by Gasteiger charge is 2.21. The van der Waals surface area contributed by atoms with Crippen LogP contribution in [0.4, 0.5) is 0 Å². The largest absolute Gasteiger partial charge is 0.305 e. The van der Waals surface area contributed by atoms with Gasteiger partial charge >= 0.3 is 0 Å². The van der Waals surface area contributed by atoms with E-state index in [-0.39, 0.29) is 5.78 Å². The van der Waals surface area contributed by atoms with Crippen molar-refractivity contribution < 1.29 is 4.79 Å². The molecule has 0 fully saturated rings. The minimum Gasteiger partial charge on any atom is -0.305 e. The van der Waals surface area contributed by atoms with Gasteiger partial charge in [-0.1, -0.05) is 23.7 Å². The fourth-order valence-corrected chi connectivity index (χ4v) is 1.42. The van der Waals surface area contributed by atoms with Gasteiger partial charge in [-0.05, 0) is 44.9 Å². The van der Waals surface area contributed by atoms with Gasteiger partial charge in [0, 0.05) is 11.6 Å². The first kappa shape index (κ1) is 13.2. The normalized spacial score (nSPS) is 11.5. The second-order valence-electron chi connectivity index (χ2n) is 4.48.